The Hall–Kier alpha value is -2.78. The maximum Gasteiger partial charge on any atom is 0.254 e. The fourth-order valence-electron chi connectivity index (χ4n) is 2.77. The van der Waals surface area contributed by atoms with Crippen molar-refractivity contribution in [2.45, 2.75) is 11.4 Å². The molecule has 0 aliphatic rings. The number of hydrogen-bond acceptors (Lipinski definition) is 6. The Morgan fingerprint density at radius 3 is 3.04 bits per heavy atom. The molecular weight excluding hydrogens is 397 g/mol. The second-order valence-corrected chi connectivity index (χ2v) is 7.56. The number of nitrogens with one attached hydrogen (secondary N) is 1. The van der Waals surface area contributed by atoms with Crippen LogP contribution in [0.15, 0.2) is 53.0 Å². The molecule has 0 unspecified atom stereocenters. The van der Waals surface area contributed by atoms with Gasteiger partial charge in [-0.1, -0.05) is 12.1 Å². The van der Waals surface area contributed by atoms with Crippen molar-refractivity contribution in [3.05, 3.63) is 65.0 Å². The molecule has 0 aliphatic heterocycles. The number of rotatable bonds is 6. The highest BCUT2D eigenvalue weighted by molar-refractivity contribution is 7.98. The molecule has 142 valence electrons. The zero-order valence-corrected chi connectivity index (χ0v) is 16.6. The van der Waals surface area contributed by atoms with Crippen molar-refractivity contribution in [3.63, 3.8) is 0 Å². The second kappa shape index (κ2) is 8.07. The largest absolute Gasteiger partial charge is 0.352 e. The van der Waals surface area contributed by atoms with Gasteiger partial charge in [-0.25, -0.2) is 13.9 Å². The average molecular weight is 414 g/mol. The van der Waals surface area contributed by atoms with Gasteiger partial charge in [-0.05, 0) is 30.5 Å². The number of hydrogen-bond donors (Lipinski definition) is 1. The highest BCUT2D eigenvalue weighted by Gasteiger charge is 2.14. The van der Waals surface area contributed by atoms with Crippen LogP contribution in [0.3, 0.4) is 0 Å². The fourth-order valence-corrected chi connectivity index (χ4v) is 4.18. The third kappa shape index (κ3) is 3.76. The number of carbonyl (C=O) groups excluding carboxylic acids is 1. The number of benzene rings is 1. The van der Waals surface area contributed by atoms with Gasteiger partial charge in [0.1, 0.15) is 10.8 Å². The quantitative estimate of drug-likeness (QED) is 0.488. The molecule has 0 aliphatic carbocycles. The van der Waals surface area contributed by atoms with Crippen LogP contribution in [0.2, 0.25) is 0 Å². The molecule has 0 saturated carbocycles. The van der Waals surface area contributed by atoms with Gasteiger partial charge in [0, 0.05) is 30.1 Å². The van der Waals surface area contributed by atoms with Crippen molar-refractivity contribution in [1.29, 1.82) is 0 Å². The van der Waals surface area contributed by atoms with E-state index in [9.17, 15) is 9.18 Å². The van der Waals surface area contributed by atoms with E-state index in [1.165, 1.54) is 35.2 Å². The smallest absolute Gasteiger partial charge is 0.254 e. The zero-order chi connectivity index (χ0) is 19.5. The van der Waals surface area contributed by atoms with E-state index in [-0.39, 0.29) is 11.7 Å². The van der Waals surface area contributed by atoms with Crippen LogP contribution in [0.25, 0.3) is 16.3 Å². The zero-order valence-electron chi connectivity index (χ0n) is 14.9. The molecule has 3 heterocycles. The van der Waals surface area contributed by atoms with Crippen LogP contribution in [0.1, 0.15) is 16.1 Å². The lowest BCUT2D eigenvalue weighted by atomic mass is 10.2. The molecule has 0 atom stereocenters. The Bertz CT molecular complexity index is 1140. The second-order valence-electron chi connectivity index (χ2n) is 5.93. The summed E-state index contributed by atoms with van der Waals surface area (Å²) >= 11 is 2.90. The SMILES string of the molecule is CSc1ncccc1C(=O)NCCc1csc2nc(-c3cccc(F)c3)nn12. The summed E-state index contributed by atoms with van der Waals surface area (Å²) in [5.74, 6) is 0.0122. The van der Waals surface area contributed by atoms with Crippen molar-refractivity contribution in [3.8, 4) is 11.4 Å². The molecule has 0 spiro atoms. The van der Waals surface area contributed by atoms with Gasteiger partial charge in [0.25, 0.3) is 5.91 Å². The molecular formula is C19H16FN5OS2. The van der Waals surface area contributed by atoms with Crippen molar-refractivity contribution in [2.75, 3.05) is 12.8 Å². The Labute approximate surface area is 168 Å². The predicted octanol–water partition coefficient (Wildman–Crippen LogP) is 3.69. The summed E-state index contributed by atoms with van der Waals surface area (Å²) in [5.41, 5.74) is 2.14. The monoisotopic (exact) mass is 413 g/mol. The van der Waals surface area contributed by atoms with E-state index in [4.69, 9.17) is 0 Å². The van der Waals surface area contributed by atoms with E-state index in [0.717, 1.165) is 10.7 Å². The number of thiazole rings is 1. The molecule has 1 amide bonds. The van der Waals surface area contributed by atoms with Crippen molar-refractivity contribution in [2.24, 2.45) is 0 Å². The van der Waals surface area contributed by atoms with Crippen LogP contribution < -0.4 is 5.32 Å². The number of amides is 1. The average Bonchev–Trinajstić information content (AvgIpc) is 3.29. The molecule has 3 aromatic heterocycles. The number of aromatic nitrogens is 4. The van der Waals surface area contributed by atoms with E-state index in [1.54, 1.807) is 35.0 Å². The molecule has 4 rings (SSSR count). The van der Waals surface area contributed by atoms with Gasteiger partial charge in [0.15, 0.2) is 5.82 Å². The first-order chi connectivity index (χ1) is 13.7. The van der Waals surface area contributed by atoms with E-state index >= 15 is 0 Å². The van der Waals surface area contributed by atoms with E-state index in [1.807, 2.05) is 11.6 Å². The minimum absolute atomic E-state index is 0.150. The topological polar surface area (TPSA) is 72.2 Å². The standard InChI is InChI=1S/C19H16FN5OS2/c1-27-18-15(6-3-8-22-18)17(26)21-9-7-14-11-28-19-23-16(24-25(14)19)12-4-2-5-13(20)10-12/h2-6,8,10-11H,7,9H2,1H3,(H,21,26). The lowest BCUT2D eigenvalue weighted by Crippen LogP contribution is -2.26. The van der Waals surface area contributed by atoms with Crippen LogP contribution in [0, 0.1) is 5.82 Å². The first-order valence-corrected chi connectivity index (χ1v) is 10.6. The lowest BCUT2D eigenvalue weighted by Gasteiger charge is -2.07. The minimum Gasteiger partial charge on any atom is -0.352 e. The number of fused-ring (bicyclic) bond motifs is 1. The Morgan fingerprint density at radius 1 is 1.32 bits per heavy atom. The third-order valence-electron chi connectivity index (χ3n) is 4.11. The number of nitrogens with zero attached hydrogens (tertiary/aromatic N) is 4. The summed E-state index contributed by atoms with van der Waals surface area (Å²) in [7, 11) is 0. The number of carbonyl (C=O) groups is 1. The Morgan fingerprint density at radius 2 is 2.21 bits per heavy atom. The molecule has 0 bridgehead atoms. The summed E-state index contributed by atoms with van der Waals surface area (Å²) in [5, 5.41) is 10.1. The Kier molecular flexibility index (Phi) is 5.36. The van der Waals surface area contributed by atoms with E-state index < -0.39 is 0 Å². The first-order valence-electron chi connectivity index (χ1n) is 8.52. The predicted molar refractivity (Wildman–Crippen MR) is 108 cm³/mol. The van der Waals surface area contributed by atoms with Crippen molar-refractivity contribution in [1.82, 2.24) is 24.9 Å². The van der Waals surface area contributed by atoms with Gasteiger partial charge in [-0.15, -0.1) is 28.2 Å². The summed E-state index contributed by atoms with van der Waals surface area (Å²) in [6.45, 7) is 0.461. The molecule has 1 N–H and O–H groups in total. The molecule has 1 aromatic carbocycles. The first kappa shape index (κ1) is 18.6. The van der Waals surface area contributed by atoms with Gasteiger partial charge < -0.3 is 5.32 Å². The third-order valence-corrected chi connectivity index (χ3v) is 5.69. The maximum absolute atomic E-state index is 13.4. The minimum atomic E-state index is -0.321. The van der Waals surface area contributed by atoms with Crippen LogP contribution in [0.5, 0.6) is 0 Å². The van der Waals surface area contributed by atoms with Crippen LogP contribution in [-0.4, -0.2) is 38.3 Å². The van der Waals surface area contributed by atoms with Crippen molar-refractivity contribution < 1.29 is 9.18 Å². The Balaban J connectivity index is 1.46. The summed E-state index contributed by atoms with van der Waals surface area (Å²) in [6, 6.07) is 9.73. The molecule has 0 saturated heterocycles. The highest BCUT2D eigenvalue weighted by Crippen LogP contribution is 2.22. The number of pyridine rings is 1. The molecule has 6 nitrogen and oxygen atoms in total. The fraction of sp³-hybridized carbons (Fsp3) is 0.158. The van der Waals surface area contributed by atoms with E-state index in [2.05, 4.69) is 20.4 Å². The van der Waals surface area contributed by atoms with Gasteiger partial charge in [-0.2, -0.15) is 4.98 Å². The van der Waals surface area contributed by atoms with Gasteiger partial charge in [0.05, 0.1) is 11.3 Å². The lowest BCUT2D eigenvalue weighted by molar-refractivity contribution is 0.0950. The highest BCUT2D eigenvalue weighted by atomic mass is 32.2. The van der Waals surface area contributed by atoms with Crippen molar-refractivity contribution >= 4 is 34.0 Å². The molecule has 4 aromatic rings. The molecule has 0 fully saturated rings. The van der Waals surface area contributed by atoms with Gasteiger partial charge >= 0.3 is 0 Å². The summed E-state index contributed by atoms with van der Waals surface area (Å²) in [4.78, 5) is 21.8. The van der Waals surface area contributed by atoms with E-state index in [0.29, 0.717) is 34.9 Å². The van der Waals surface area contributed by atoms with Crippen LogP contribution in [-0.2, 0) is 6.42 Å². The van der Waals surface area contributed by atoms with Crippen LogP contribution in [0.4, 0.5) is 4.39 Å². The molecule has 28 heavy (non-hydrogen) atoms. The number of thioether (sulfide) groups is 1. The van der Waals surface area contributed by atoms with Gasteiger partial charge in [0.2, 0.25) is 4.96 Å². The summed E-state index contributed by atoms with van der Waals surface area (Å²) < 4.78 is 15.2. The number of halogens is 1. The molecule has 9 heteroatoms. The summed E-state index contributed by atoms with van der Waals surface area (Å²) in [6.07, 6.45) is 4.17. The molecule has 0 radical (unpaired) electrons. The maximum atomic E-state index is 13.4. The van der Waals surface area contributed by atoms with Crippen LogP contribution >= 0.6 is 23.1 Å². The normalized spacial score (nSPS) is 11.1. The van der Waals surface area contributed by atoms with Gasteiger partial charge in [-0.3, -0.25) is 4.79 Å².